The fourth-order valence-corrected chi connectivity index (χ4v) is 5.41. The Labute approximate surface area is 206 Å². The van der Waals surface area contributed by atoms with E-state index in [1.807, 2.05) is 44.4 Å². The predicted octanol–water partition coefficient (Wildman–Crippen LogP) is 5.51. The second kappa shape index (κ2) is 11.4. The van der Waals surface area contributed by atoms with Crippen LogP contribution in [0.1, 0.15) is 42.7 Å². The third kappa shape index (κ3) is 5.93. The summed E-state index contributed by atoms with van der Waals surface area (Å²) in [5.74, 6) is 0.558. The number of hydrogen-bond donors (Lipinski definition) is 1. The zero-order valence-corrected chi connectivity index (χ0v) is 21.4. The van der Waals surface area contributed by atoms with Gasteiger partial charge in [0.25, 0.3) is 15.9 Å². The summed E-state index contributed by atoms with van der Waals surface area (Å²) in [4.78, 5) is 14.0. The van der Waals surface area contributed by atoms with Gasteiger partial charge in [-0.25, -0.2) is 8.42 Å². The smallest absolute Gasteiger partial charge is 0.264 e. The van der Waals surface area contributed by atoms with E-state index in [2.05, 4.69) is 5.32 Å². The number of sulfonamides is 1. The van der Waals surface area contributed by atoms with Gasteiger partial charge in [-0.2, -0.15) is 0 Å². The molecule has 0 aromatic heterocycles. The first-order valence-corrected chi connectivity index (χ1v) is 13.8. The van der Waals surface area contributed by atoms with Crippen LogP contribution in [0.3, 0.4) is 0 Å². The van der Waals surface area contributed by atoms with Gasteiger partial charge in [-0.3, -0.25) is 9.10 Å². The van der Waals surface area contributed by atoms with E-state index < -0.39 is 10.0 Å². The van der Waals surface area contributed by atoms with Gasteiger partial charge in [-0.05, 0) is 93.3 Å². The van der Waals surface area contributed by atoms with Crippen molar-refractivity contribution in [3.8, 4) is 5.75 Å². The Kier molecular flexibility index (Phi) is 8.63. The zero-order valence-electron chi connectivity index (χ0n) is 19.8. The van der Waals surface area contributed by atoms with Crippen molar-refractivity contribution >= 4 is 33.4 Å². The van der Waals surface area contributed by atoms with E-state index in [0.717, 1.165) is 16.2 Å². The molecule has 1 amide bonds. The summed E-state index contributed by atoms with van der Waals surface area (Å²) in [7, 11) is -3.71. The molecule has 8 heteroatoms. The highest BCUT2D eigenvalue weighted by Crippen LogP contribution is 2.26. The number of thioether (sulfide) groups is 1. The second-order valence-electron chi connectivity index (χ2n) is 7.59. The van der Waals surface area contributed by atoms with Gasteiger partial charge in [-0.1, -0.05) is 12.1 Å². The molecule has 0 unspecified atom stereocenters. The summed E-state index contributed by atoms with van der Waals surface area (Å²) in [5, 5.41) is 2.98. The van der Waals surface area contributed by atoms with Crippen LogP contribution < -0.4 is 14.4 Å². The molecule has 1 atom stereocenters. The number of rotatable bonds is 10. The number of nitrogens with one attached hydrogen (secondary N) is 1. The predicted molar refractivity (Wildman–Crippen MR) is 138 cm³/mol. The average molecular weight is 499 g/mol. The number of nitrogens with zero attached hydrogens (tertiary/aromatic N) is 1. The van der Waals surface area contributed by atoms with Gasteiger partial charge in [0.05, 0.1) is 23.2 Å². The summed E-state index contributed by atoms with van der Waals surface area (Å²) in [6.07, 6.45) is 1.94. The molecule has 0 saturated heterocycles. The molecule has 0 fully saturated rings. The molecule has 180 valence electrons. The quantitative estimate of drug-likeness (QED) is 0.373. The molecule has 0 aliphatic carbocycles. The SMILES string of the molecule is CCOc1ccc([C@@H](C)NC(=O)c2ccc(N(CC)S(=O)(=O)c3ccc(SC)cc3)cc2)cc1. The molecule has 0 spiro atoms. The molecule has 0 saturated carbocycles. The average Bonchev–Trinajstić information content (AvgIpc) is 2.85. The summed E-state index contributed by atoms with van der Waals surface area (Å²) in [6.45, 7) is 6.50. The lowest BCUT2D eigenvalue weighted by molar-refractivity contribution is 0.0940. The van der Waals surface area contributed by atoms with E-state index in [1.54, 1.807) is 67.2 Å². The number of ether oxygens (including phenoxy) is 1. The molecule has 0 aliphatic heterocycles. The first-order valence-electron chi connectivity index (χ1n) is 11.1. The van der Waals surface area contributed by atoms with Crippen LogP contribution in [0.2, 0.25) is 0 Å². The standard InChI is InChI=1S/C26H30N2O4S2/c1-5-28(34(30,31)25-17-15-24(33-4)16-18-25)22-11-7-21(8-12-22)26(29)27-19(3)20-9-13-23(14-10-20)32-6-2/h7-19H,5-6H2,1-4H3,(H,27,29)/t19-/m1/s1. The summed E-state index contributed by atoms with van der Waals surface area (Å²) in [6, 6.07) is 20.9. The van der Waals surface area contributed by atoms with Gasteiger partial charge >= 0.3 is 0 Å². The van der Waals surface area contributed by atoms with E-state index in [1.165, 1.54) is 4.31 Å². The zero-order chi connectivity index (χ0) is 24.7. The van der Waals surface area contributed by atoms with Crippen molar-refractivity contribution < 1.29 is 17.9 Å². The molecule has 6 nitrogen and oxygen atoms in total. The highest BCUT2D eigenvalue weighted by molar-refractivity contribution is 7.98. The number of anilines is 1. The third-order valence-corrected chi connectivity index (χ3v) is 8.05. The van der Waals surface area contributed by atoms with E-state index >= 15 is 0 Å². The topological polar surface area (TPSA) is 75.7 Å². The summed E-state index contributed by atoms with van der Waals surface area (Å²) in [5.41, 5.74) is 1.93. The second-order valence-corrected chi connectivity index (χ2v) is 10.3. The van der Waals surface area contributed by atoms with Gasteiger partial charge in [0.2, 0.25) is 0 Å². The molecule has 0 aliphatic rings. The Morgan fingerprint density at radius 3 is 2.12 bits per heavy atom. The maximum Gasteiger partial charge on any atom is 0.264 e. The largest absolute Gasteiger partial charge is 0.494 e. The van der Waals surface area contributed by atoms with Crippen molar-refractivity contribution in [1.29, 1.82) is 0 Å². The van der Waals surface area contributed by atoms with Crippen LogP contribution in [-0.4, -0.2) is 33.7 Å². The van der Waals surface area contributed by atoms with Crippen LogP contribution in [0.25, 0.3) is 0 Å². The van der Waals surface area contributed by atoms with Gasteiger partial charge < -0.3 is 10.1 Å². The normalized spacial score (nSPS) is 12.1. The fourth-order valence-electron chi connectivity index (χ4n) is 3.53. The van der Waals surface area contributed by atoms with Gasteiger partial charge in [-0.15, -0.1) is 11.8 Å². The van der Waals surface area contributed by atoms with Crippen LogP contribution in [-0.2, 0) is 10.0 Å². The lowest BCUT2D eigenvalue weighted by Gasteiger charge is -2.23. The first kappa shape index (κ1) is 25.6. The van der Waals surface area contributed by atoms with Crippen LogP contribution in [0.15, 0.2) is 82.6 Å². The van der Waals surface area contributed by atoms with Crippen LogP contribution in [0.4, 0.5) is 5.69 Å². The van der Waals surface area contributed by atoms with Crippen molar-refractivity contribution in [2.24, 2.45) is 0 Å². The highest BCUT2D eigenvalue weighted by Gasteiger charge is 2.24. The number of amides is 1. The highest BCUT2D eigenvalue weighted by atomic mass is 32.2. The van der Waals surface area contributed by atoms with Crippen molar-refractivity contribution in [1.82, 2.24) is 5.32 Å². The molecule has 3 aromatic carbocycles. The van der Waals surface area contributed by atoms with Crippen LogP contribution >= 0.6 is 11.8 Å². The van der Waals surface area contributed by atoms with Gasteiger partial charge in [0, 0.05) is 17.0 Å². The Bertz CT molecular complexity index is 1190. The maximum absolute atomic E-state index is 13.2. The summed E-state index contributed by atoms with van der Waals surface area (Å²) < 4.78 is 33.2. The van der Waals surface area contributed by atoms with Crippen LogP contribution in [0.5, 0.6) is 5.75 Å². The van der Waals surface area contributed by atoms with Crippen molar-refractivity contribution in [2.45, 2.75) is 36.6 Å². The number of carbonyl (C=O) groups excluding carboxylic acids is 1. The minimum absolute atomic E-state index is 0.195. The molecule has 34 heavy (non-hydrogen) atoms. The first-order chi connectivity index (χ1) is 16.3. The molecule has 1 N–H and O–H groups in total. The number of carbonyl (C=O) groups is 1. The minimum atomic E-state index is -3.71. The van der Waals surface area contributed by atoms with E-state index in [-0.39, 0.29) is 23.4 Å². The monoisotopic (exact) mass is 498 g/mol. The molecule has 3 aromatic rings. The number of benzene rings is 3. The van der Waals surface area contributed by atoms with E-state index in [4.69, 9.17) is 4.74 Å². The molecule has 0 radical (unpaired) electrons. The molecular formula is C26H30N2O4S2. The van der Waals surface area contributed by atoms with Crippen molar-refractivity contribution in [2.75, 3.05) is 23.7 Å². The number of hydrogen-bond acceptors (Lipinski definition) is 5. The Morgan fingerprint density at radius 2 is 1.59 bits per heavy atom. The minimum Gasteiger partial charge on any atom is -0.494 e. The summed E-state index contributed by atoms with van der Waals surface area (Å²) >= 11 is 1.56. The van der Waals surface area contributed by atoms with Crippen molar-refractivity contribution in [3.05, 3.63) is 83.9 Å². The van der Waals surface area contributed by atoms with E-state index in [9.17, 15) is 13.2 Å². The molecule has 0 bridgehead atoms. The van der Waals surface area contributed by atoms with Gasteiger partial charge in [0.15, 0.2) is 0 Å². The molecular weight excluding hydrogens is 468 g/mol. The molecule has 3 rings (SSSR count). The Morgan fingerprint density at radius 1 is 0.971 bits per heavy atom. The third-order valence-electron chi connectivity index (χ3n) is 5.39. The molecule has 0 heterocycles. The Hall–Kier alpha value is -2.97. The maximum atomic E-state index is 13.2. The van der Waals surface area contributed by atoms with Gasteiger partial charge in [0.1, 0.15) is 5.75 Å². The van der Waals surface area contributed by atoms with E-state index in [0.29, 0.717) is 17.9 Å². The lowest BCUT2D eigenvalue weighted by Crippen LogP contribution is -2.31. The lowest BCUT2D eigenvalue weighted by atomic mass is 10.1. The Balaban J connectivity index is 1.72. The van der Waals surface area contributed by atoms with Crippen molar-refractivity contribution in [3.63, 3.8) is 0 Å². The fraction of sp³-hybridized carbons (Fsp3) is 0.269. The van der Waals surface area contributed by atoms with Crippen LogP contribution in [0, 0.1) is 0 Å².